The zero-order valence-electron chi connectivity index (χ0n) is 14.8. The Bertz CT molecular complexity index is 451. The van der Waals surface area contributed by atoms with Gasteiger partial charge in [-0.2, -0.15) is 0 Å². The average Bonchev–Trinajstić information content (AvgIpc) is 2.50. The third-order valence-corrected chi connectivity index (χ3v) is 3.65. The Balaban J connectivity index is 3.98. The van der Waals surface area contributed by atoms with E-state index in [-0.39, 0.29) is 42.5 Å². The minimum atomic E-state index is -0.662. The van der Waals surface area contributed by atoms with Gasteiger partial charge in [-0.1, -0.05) is 20.3 Å². The number of nitrogens with two attached hydrogens (primary N) is 2. The largest absolute Gasteiger partial charge is 0.370 e. The van der Waals surface area contributed by atoms with E-state index in [2.05, 4.69) is 5.32 Å². The Morgan fingerprint density at radius 3 is 2.17 bits per heavy atom. The van der Waals surface area contributed by atoms with Crippen LogP contribution < -0.4 is 16.8 Å². The number of carbonyl (C=O) groups is 4. The molecule has 0 rings (SSSR count). The number of nitrogens with one attached hydrogen (secondary N) is 1. The minimum absolute atomic E-state index is 0.000751. The van der Waals surface area contributed by atoms with Crippen molar-refractivity contribution >= 4 is 23.5 Å². The zero-order chi connectivity index (χ0) is 18.7. The summed E-state index contributed by atoms with van der Waals surface area (Å²) in [5.41, 5.74) is 10.7. The summed E-state index contributed by atoms with van der Waals surface area (Å²) in [6.07, 6.45) is 2.74. The van der Waals surface area contributed by atoms with Crippen LogP contribution in [0.5, 0.6) is 0 Å². The van der Waals surface area contributed by atoms with Crippen LogP contribution in [0.4, 0.5) is 0 Å². The van der Waals surface area contributed by atoms with Gasteiger partial charge in [0.2, 0.25) is 17.7 Å². The van der Waals surface area contributed by atoms with Gasteiger partial charge >= 0.3 is 0 Å². The average molecular weight is 342 g/mol. The van der Waals surface area contributed by atoms with Crippen LogP contribution in [-0.2, 0) is 19.2 Å². The van der Waals surface area contributed by atoms with Crippen LogP contribution in [0.15, 0.2) is 0 Å². The van der Waals surface area contributed by atoms with Crippen molar-refractivity contribution in [3.63, 3.8) is 0 Å². The number of ketones is 1. The summed E-state index contributed by atoms with van der Waals surface area (Å²) in [6.45, 7) is 3.46. The summed E-state index contributed by atoms with van der Waals surface area (Å²) in [4.78, 5) is 47.2. The molecule has 0 saturated heterocycles. The smallest absolute Gasteiger partial charge is 0.242 e. The van der Waals surface area contributed by atoms with E-state index in [0.717, 1.165) is 6.42 Å². The van der Waals surface area contributed by atoms with E-state index in [1.54, 1.807) is 0 Å². The lowest BCUT2D eigenvalue weighted by atomic mass is 10.1. The van der Waals surface area contributed by atoms with Crippen molar-refractivity contribution in [3.8, 4) is 0 Å². The number of hydrogen-bond donors (Lipinski definition) is 3. The molecule has 0 aliphatic carbocycles. The first-order valence-electron chi connectivity index (χ1n) is 8.22. The summed E-state index contributed by atoms with van der Waals surface area (Å²) in [5.74, 6) is -1.15. The second-order valence-electron chi connectivity index (χ2n) is 6.30. The molecule has 1 atom stereocenters. The van der Waals surface area contributed by atoms with Crippen LogP contribution in [-0.4, -0.2) is 54.6 Å². The van der Waals surface area contributed by atoms with Gasteiger partial charge in [-0.3, -0.25) is 19.2 Å². The number of carbonyl (C=O) groups excluding carboxylic acids is 4. The maximum Gasteiger partial charge on any atom is 0.242 e. The molecule has 8 nitrogen and oxygen atoms in total. The molecular weight excluding hydrogens is 312 g/mol. The number of likely N-dealkylation sites (N-methyl/N-ethyl adjacent to an activating group) is 1. The lowest BCUT2D eigenvalue weighted by Gasteiger charge is -2.19. The molecule has 5 N–H and O–H groups in total. The molecule has 138 valence electrons. The third-order valence-electron chi connectivity index (χ3n) is 3.65. The zero-order valence-corrected chi connectivity index (χ0v) is 14.8. The summed E-state index contributed by atoms with van der Waals surface area (Å²) in [5, 5.41) is 2.48. The van der Waals surface area contributed by atoms with Gasteiger partial charge in [0.25, 0.3) is 0 Å². The Morgan fingerprint density at radius 1 is 1.04 bits per heavy atom. The van der Waals surface area contributed by atoms with Gasteiger partial charge in [0.05, 0.1) is 19.1 Å². The molecule has 0 aromatic carbocycles. The summed E-state index contributed by atoms with van der Waals surface area (Å²) in [7, 11) is 1.52. The first-order chi connectivity index (χ1) is 11.1. The fraction of sp³-hybridized carbons (Fsp3) is 0.750. The monoisotopic (exact) mass is 342 g/mol. The van der Waals surface area contributed by atoms with Crippen LogP contribution >= 0.6 is 0 Å². The molecule has 0 aromatic heterocycles. The van der Waals surface area contributed by atoms with E-state index in [4.69, 9.17) is 11.5 Å². The fourth-order valence-corrected chi connectivity index (χ4v) is 1.95. The van der Waals surface area contributed by atoms with Gasteiger partial charge in [-0.15, -0.1) is 0 Å². The van der Waals surface area contributed by atoms with Gasteiger partial charge in [0, 0.05) is 19.9 Å². The molecule has 0 aromatic rings. The van der Waals surface area contributed by atoms with Crippen molar-refractivity contribution in [2.24, 2.45) is 17.4 Å². The first kappa shape index (κ1) is 22.0. The fourth-order valence-electron chi connectivity index (χ4n) is 1.95. The highest BCUT2D eigenvalue weighted by molar-refractivity contribution is 5.90. The highest BCUT2D eigenvalue weighted by Crippen LogP contribution is 2.04. The molecule has 0 aliphatic heterocycles. The Hall–Kier alpha value is -1.96. The van der Waals surface area contributed by atoms with E-state index < -0.39 is 6.04 Å². The number of rotatable bonds is 12. The van der Waals surface area contributed by atoms with Crippen LogP contribution in [0.25, 0.3) is 0 Å². The number of nitrogens with zero attached hydrogens (tertiary/aromatic N) is 1. The van der Waals surface area contributed by atoms with Gasteiger partial charge < -0.3 is 21.7 Å². The maximum absolute atomic E-state index is 11.9. The maximum atomic E-state index is 11.9. The molecule has 0 fully saturated rings. The van der Waals surface area contributed by atoms with Crippen molar-refractivity contribution in [3.05, 3.63) is 0 Å². The van der Waals surface area contributed by atoms with Gasteiger partial charge in [0.1, 0.15) is 0 Å². The number of Topliss-reactive ketones (excluding diaryl/α,β-unsaturated/α-hetero) is 1. The molecule has 0 spiro atoms. The normalized spacial score (nSPS) is 11.9. The molecule has 0 bridgehead atoms. The topological polar surface area (TPSA) is 136 Å². The Kier molecular flexibility index (Phi) is 10.6. The molecule has 24 heavy (non-hydrogen) atoms. The van der Waals surface area contributed by atoms with Crippen molar-refractivity contribution in [1.29, 1.82) is 0 Å². The van der Waals surface area contributed by atoms with E-state index >= 15 is 0 Å². The van der Waals surface area contributed by atoms with Crippen LogP contribution in [0.2, 0.25) is 0 Å². The third kappa shape index (κ3) is 9.94. The molecule has 3 amide bonds. The number of unbranched alkanes of at least 4 members (excludes halogenated alkanes) is 2. The molecule has 0 heterocycles. The second-order valence-corrected chi connectivity index (χ2v) is 6.30. The summed E-state index contributed by atoms with van der Waals surface area (Å²) in [6, 6.07) is -0.662. The lowest BCUT2D eigenvalue weighted by Crippen LogP contribution is -2.47. The summed E-state index contributed by atoms with van der Waals surface area (Å²) >= 11 is 0. The second kappa shape index (κ2) is 11.6. The summed E-state index contributed by atoms with van der Waals surface area (Å²) < 4.78 is 0. The predicted molar refractivity (Wildman–Crippen MR) is 90.7 cm³/mol. The number of amides is 3. The van der Waals surface area contributed by atoms with Gasteiger partial charge in [0.15, 0.2) is 5.78 Å². The number of hydrogen-bond acceptors (Lipinski definition) is 5. The van der Waals surface area contributed by atoms with Crippen molar-refractivity contribution in [2.75, 3.05) is 20.1 Å². The van der Waals surface area contributed by atoms with Gasteiger partial charge in [-0.25, -0.2) is 0 Å². The highest BCUT2D eigenvalue weighted by Gasteiger charge is 2.19. The molecule has 8 heteroatoms. The molecule has 0 saturated carbocycles. The lowest BCUT2D eigenvalue weighted by molar-refractivity contribution is -0.135. The molecular formula is C16H30N4O4. The van der Waals surface area contributed by atoms with E-state index in [1.807, 2.05) is 13.8 Å². The van der Waals surface area contributed by atoms with Gasteiger partial charge in [-0.05, 0) is 18.8 Å². The molecule has 0 radical (unpaired) electrons. The van der Waals surface area contributed by atoms with E-state index in [0.29, 0.717) is 25.7 Å². The standard InChI is InChI=1S/C16H30N4O4/c1-11(2)15(18)16(24)19-9-14(23)20(3)10-12(21)7-5-4-6-8-13(17)22/h11,15H,4-10,18H2,1-3H3,(H2,17,22)(H,19,24)/t15-/m0/s1. The molecule has 0 unspecified atom stereocenters. The SMILES string of the molecule is CC(C)[C@H](N)C(=O)NCC(=O)N(C)CC(=O)CCCCCC(N)=O. The van der Waals surface area contributed by atoms with Crippen LogP contribution in [0, 0.1) is 5.92 Å². The van der Waals surface area contributed by atoms with Crippen molar-refractivity contribution in [2.45, 2.75) is 52.0 Å². The van der Waals surface area contributed by atoms with E-state index in [9.17, 15) is 19.2 Å². The van der Waals surface area contributed by atoms with Crippen LogP contribution in [0.1, 0.15) is 46.0 Å². The number of primary amides is 1. The molecule has 0 aliphatic rings. The van der Waals surface area contributed by atoms with Crippen molar-refractivity contribution < 1.29 is 19.2 Å². The first-order valence-corrected chi connectivity index (χ1v) is 8.22. The quantitative estimate of drug-likeness (QED) is 0.413. The van der Waals surface area contributed by atoms with Crippen LogP contribution in [0.3, 0.4) is 0 Å². The predicted octanol–water partition coefficient (Wildman–Crippen LogP) is -0.451. The Morgan fingerprint density at radius 2 is 1.62 bits per heavy atom. The minimum Gasteiger partial charge on any atom is -0.370 e. The van der Waals surface area contributed by atoms with E-state index in [1.165, 1.54) is 11.9 Å². The van der Waals surface area contributed by atoms with Crippen molar-refractivity contribution in [1.82, 2.24) is 10.2 Å². The Labute approximate surface area is 143 Å². The highest BCUT2D eigenvalue weighted by atomic mass is 16.2.